The van der Waals surface area contributed by atoms with Crippen molar-refractivity contribution in [1.29, 1.82) is 0 Å². The van der Waals surface area contributed by atoms with Crippen molar-refractivity contribution >= 4 is 45.3 Å². The first-order chi connectivity index (χ1) is 13.9. The monoisotopic (exact) mass is 513 g/mol. The third-order valence-electron chi connectivity index (χ3n) is 5.97. The van der Waals surface area contributed by atoms with Crippen LogP contribution in [0.25, 0.3) is 10.9 Å². The van der Waals surface area contributed by atoms with Crippen molar-refractivity contribution < 1.29 is 9.13 Å². The second kappa shape index (κ2) is 8.75. The molecular formula is C21H29FIN5O. The Bertz CT molecular complexity index is 872. The van der Waals surface area contributed by atoms with Gasteiger partial charge in [-0.25, -0.2) is 9.37 Å². The average molecular weight is 513 g/mol. The van der Waals surface area contributed by atoms with Gasteiger partial charge in [0.25, 0.3) is 0 Å². The zero-order valence-electron chi connectivity index (χ0n) is 17.3. The van der Waals surface area contributed by atoms with E-state index in [0.717, 1.165) is 52.0 Å². The molecule has 4 rings (SSSR count). The van der Waals surface area contributed by atoms with Crippen LogP contribution in [0.2, 0.25) is 0 Å². The zero-order chi connectivity index (χ0) is 20.5. The SMILES string of the molecule is COc1cc2c(NC3CCN(C(C)C)CC3)nc(N3CC[C@H](F)C3)nc2cc1I. The molecule has 1 aromatic carbocycles. The largest absolute Gasteiger partial charge is 0.496 e. The van der Waals surface area contributed by atoms with Crippen molar-refractivity contribution in [2.24, 2.45) is 0 Å². The summed E-state index contributed by atoms with van der Waals surface area (Å²) >= 11 is 2.26. The number of aromatic nitrogens is 2. The van der Waals surface area contributed by atoms with Gasteiger partial charge in [0.2, 0.25) is 5.95 Å². The number of benzene rings is 1. The van der Waals surface area contributed by atoms with Crippen LogP contribution in [0.4, 0.5) is 16.2 Å². The maximum absolute atomic E-state index is 13.8. The summed E-state index contributed by atoms with van der Waals surface area (Å²) in [7, 11) is 1.68. The van der Waals surface area contributed by atoms with Gasteiger partial charge in [-0.15, -0.1) is 0 Å². The van der Waals surface area contributed by atoms with Crippen LogP contribution in [-0.2, 0) is 0 Å². The van der Waals surface area contributed by atoms with Gasteiger partial charge in [-0.3, -0.25) is 0 Å². The van der Waals surface area contributed by atoms with Gasteiger partial charge in [-0.2, -0.15) is 4.98 Å². The Morgan fingerprint density at radius 3 is 2.55 bits per heavy atom. The van der Waals surface area contributed by atoms with E-state index in [1.54, 1.807) is 7.11 Å². The molecule has 0 spiro atoms. The fraction of sp³-hybridized carbons (Fsp3) is 0.619. The molecule has 0 bridgehead atoms. The van der Waals surface area contributed by atoms with Gasteiger partial charge in [0.15, 0.2) is 0 Å². The van der Waals surface area contributed by atoms with Crippen LogP contribution in [0.15, 0.2) is 12.1 Å². The molecule has 2 fully saturated rings. The van der Waals surface area contributed by atoms with E-state index in [9.17, 15) is 4.39 Å². The number of halogens is 2. The maximum Gasteiger partial charge on any atom is 0.227 e. The lowest BCUT2D eigenvalue weighted by molar-refractivity contribution is 0.177. The van der Waals surface area contributed by atoms with E-state index in [-0.39, 0.29) is 0 Å². The van der Waals surface area contributed by atoms with Gasteiger partial charge in [-0.1, -0.05) is 0 Å². The molecule has 0 aliphatic carbocycles. The first-order valence-electron chi connectivity index (χ1n) is 10.4. The first-order valence-corrected chi connectivity index (χ1v) is 11.5. The van der Waals surface area contributed by atoms with Crippen molar-refractivity contribution in [3.63, 3.8) is 0 Å². The van der Waals surface area contributed by atoms with E-state index in [1.807, 2.05) is 17.0 Å². The Hall–Kier alpha value is -1.42. The predicted octanol–water partition coefficient (Wildman–Crippen LogP) is 4.08. The number of ether oxygens (including phenoxy) is 1. The summed E-state index contributed by atoms with van der Waals surface area (Å²) in [6.07, 6.45) is 1.90. The number of piperidine rings is 1. The summed E-state index contributed by atoms with van der Waals surface area (Å²) in [6.45, 7) is 7.70. The molecule has 2 aromatic rings. The van der Waals surface area contributed by atoms with Crippen LogP contribution in [0.1, 0.15) is 33.1 Å². The third kappa shape index (κ3) is 4.52. The Morgan fingerprint density at radius 2 is 1.93 bits per heavy atom. The molecule has 6 nitrogen and oxygen atoms in total. The van der Waals surface area contributed by atoms with Crippen molar-refractivity contribution in [2.45, 2.75) is 51.4 Å². The highest BCUT2D eigenvalue weighted by Gasteiger charge is 2.26. The maximum atomic E-state index is 13.8. The number of nitrogens with one attached hydrogen (secondary N) is 1. The third-order valence-corrected chi connectivity index (χ3v) is 6.81. The van der Waals surface area contributed by atoms with Gasteiger partial charge >= 0.3 is 0 Å². The molecule has 8 heteroatoms. The summed E-state index contributed by atoms with van der Waals surface area (Å²) in [5.41, 5.74) is 0.865. The molecule has 3 heterocycles. The molecule has 2 aliphatic rings. The predicted molar refractivity (Wildman–Crippen MR) is 124 cm³/mol. The van der Waals surface area contributed by atoms with Gasteiger partial charge in [0.05, 0.1) is 22.7 Å². The van der Waals surface area contributed by atoms with E-state index < -0.39 is 6.17 Å². The second-order valence-electron chi connectivity index (χ2n) is 8.26. The van der Waals surface area contributed by atoms with E-state index in [1.165, 1.54) is 0 Å². The van der Waals surface area contributed by atoms with Gasteiger partial charge < -0.3 is 19.9 Å². The minimum absolute atomic E-state index is 0.366. The first kappa shape index (κ1) is 20.8. The number of anilines is 2. The van der Waals surface area contributed by atoms with Crippen molar-refractivity contribution in [2.75, 3.05) is 43.5 Å². The van der Waals surface area contributed by atoms with Crippen molar-refractivity contribution in [3.05, 3.63) is 15.7 Å². The number of alkyl halides is 1. The van der Waals surface area contributed by atoms with Gasteiger partial charge in [0.1, 0.15) is 17.7 Å². The lowest BCUT2D eigenvalue weighted by atomic mass is 10.0. The number of likely N-dealkylation sites (tertiary alicyclic amines) is 1. The van der Waals surface area contributed by atoms with Crippen LogP contribution in [0.5, 0.6) is 5.75 Å². The second-order valence-corrected chi connectivity index (χ2v) is 9.42. The van der Waals surface area contributed by atoms with E-state index in [0.29, 0.717) is 37.5 Å². The smallest absolute Gasteiger partial charge is 0.227 e. The highest BCUT2D eigenvalue weighted by Crippen LogP contribution is 2.33. The van der Waals surface area contributed by atoms with Crippen molar-refractivity contribution in [3.8, 4) is 5.75 Å². The van der Waals surface area contributed by atoms with Crippen molar-refractivity contribution in [1.82, 2.24) is 14.9 Å². The minimum Gasteiger partial charge on any atom is -0.496 e. The quantitative estimate of drug-likeness (QED) is 0.609. The normalized spacial score (nSPS) is 21.3. The Balaban J connectivity index is 1.66. The van der Waals surface area contributed by atoms with Crippen LogP contribution >= 0.6 is 22.6 Å². The van der Waals surface area contributed by atoms with E-state index >= 15 is 0 Å². The Kier molecular flexibility index (Phi) is 6.29. The zero-order valence-corrected chi connectivity index (χ0v) is 19.4. The molecule has 1 N–H and O–H groups in total. The van der Waals surface area contributed by atoms with Gasteiger partial charge in [0, 0.05) is 37.1 Å². The van der Waals surface area contributed by atoms with E-state index in [4.69, 9.17) is 14.7 Å². The topological polar surface area (TPSA) is 53.5 Å². The molecule has 0 radical (unpaired) electrons. The summed E-state index contributed by atoms with van der Waals surface area (Å²) < 4.78 is 20.3. The molecule has 2 saturated heterocycles. The number of nitrogens with zero attached hydrogens (tertiary/aromatic N) is 4. The Labute approximate surface area is 185 Å². The van der Waals surface area contributed by atoms with Crippen LogP contribution < -0.4 is 15.0 Å². The molecule has 0 unspecified atom stereocenters. The molecule has 158 valence electrons. The molecule has 1 atom stereocenters. The highest BCUT2D eigenvalue weighted by atomic mass is 127. The lowest BCUT2D eigenvalue weighted by Crippen LogP contribution is -2.42. The summed E-state index contributed by atoms with van der Waals surface area (Å²) in [5, 5.41) is 4.63. The average Bonchev–Trinajstić information content (AvgIpc) is 3.14. The van der Waals surface area contributed by atoms with Gasteiger partial charge in [-0.05, 0) is 67.8 Å². The molecule has 2 aliphatic heterocycles. The minimum atomic E-state index is -0.804. The Morgan fingerprint density at radius 1 is 1.17 bits per heavy atom. The van der Waals surface area contributed by atoms with E-state index in [2.05, 4.69) is 46.7 Å². The summed E-state index contributed by atoms with van der Waals surface area (Å²) in [6, 6.07) is 4.98. The lowest BCUT2D eigenvalue weighted by Gasteiger charge is -2.35. The number of fused-ring (bicyclic) bond motifs is 1. The van der Waals surface area contributed by atoms with Crippen LogP contribution in [-0.4, -0.2) is 66.4 Å². The fourth-order valence-corrected chi connectivity index (χ4v) is 4.85. The number of methoxy groups -OCH3 is 1. The number of hydrogen-bond donors (Lipinski definition) is 1. The fourth-order valence-electron chi connectivity index (χ4n) is 4.18. The molecule has 29 heavy (non-hydrogen) atoms. The summed E-state index contributed by atoms with van der Waals surface area (Å²) in [5.74, 6) is 2.25. The molecule has 0 saturated carbocycles. The molecule has 0 amide bonds. The summed E-state index contributed by atoms with van der Waals surface area (Å²) in [4.78, 5) is 14.1. The standard InChI is InChI=1S/C21H29FIN5O/c1-13(2)27-8-5-15(6-9-27)24-20-16-10-19(29-3)17(23)11-18(16)25-21(26-20)28-7-4-14(22)12-28/h10-11,13-15H,4-9,12H2,1-3H3,(H,24,25,26)/t14-/m0/s1. The molecule has 1 aromatic heterocycles. The number of rotatable bonds is 5. The van der Waals surface area contributed by atoms with Crippen LogP contribution in [0.3, 0.4) is 0 Å². The van der Waals surface area contributed by atoms with Crippen LogP contribution in [0, 0.1) is 3.57 Å². The number of hydrogen-bond acceptors (Lipinski definition) is 6. The highest BCUT2D eigenvalue weighted by molar-refractivity contribution is 14.1. The molecular weight excluding hydrogens is 484 g/mol.